The maximum absolute atomic E-state index is 12.9. The molecule has 0 fully saturated rings. The van der Waals surface area contributed by atoms with E-state index in [1.165, 1.54) is 4.68 Å². The minimum Gasteiger partial charge on any atom is -0.263 e. The third-order valence-electron chi connectivity index (χ3n) is 1.62. The molecular formula is C7H5BrFN3. The fraction of sp³-hybridized carbons (Fsp3) is 0.143. The van der Waals surface area contributed by atoms with Crippen molar-refractivity contribution >= 4 is 27.0 Å². The lowest BCUT2D eigenvalue weighted by molar-refractivity contribution is 0.560. The van der Waals surface area contributed by atoms with E-state index in [0.717, 1.165) is 4.47 Å². The highest BCUT2D eigenvalue weighted by atomic mass is 79.9. The van der Waals surface area contributed by atoms with Crippen LogP contribution in [-0.2, 0) is 7.05 Å². The van der Waals surface area contributed by atoms with Gasteiger partial charge in [0.2, 0.25) is 0 Å². The summed E-state index contributed by atoms with van der Waals surface area (Å²) >= 11 is 3.25. The molecule has 0 N–H and O–H groups in total. The number of rotatable bonds is 0. The topological polar surface area (TPSA) is 30.7 Å². The molecule has 3 nitrogen and oxygen atoms in total. The van der Waals surface area contributed by atoms with Crippen LogP contribution in [0.5, 0.6) is 0 Å². The lowest BCUT2D eigenvalue weighted by Crippen LogP contribution is -1.89. The van der Waals surface area contributed by atoms with E-state index in [0.29, 0.717) is 11.0 Å². The van der Waals surface area contributed by atoms with Gasteiger partial charge in [-0.1, -0.05) is 0 Å². The van der Waals surface area contributed by atoms with Crippen LogP contribution in [0.4, 0.5) is 4.39 Å². The standard InChI is InChI=1S/C7H5BrFN3/c1-12-5-2-4(8)3-10-6(5)7(9)11-12/h2-3H,1H3. The van der Waals surface area contributed by atoms with Gasteiger partial charge in [-0.3, -0.25) is 4.68 Å². The van der Waals surface area contributed by atoms with E-state index in [-0.39, 0.29) is 0 Å². The minimum absolute atomic E-state index is 0.306. The number of aryl methyl sites for hydroxylation is 1. The third kappa shape index (κ3) is 1.01. The molecule has 0 aliphatic rings. The molecule has 2 rings (SSSR count). The highest BCUT2D eigenvalue weighted by Gasteiger charge is 2.08. The summed E-state index contributed by atoms with van der Waals surface area (Å²) in [6.07, 6.45) is 1.55. The summed E-state index contributed by atoms with van der Waals surface area (Å²) in [7, 11) is 1.68. The molecule has 0 aliphatic carbocycles. The number of halogens is 2. The molecule has 0 unspecified atom stereocenters. The lowest BCUT2D eigenvalue weighted by Gasteiger charge is -1.92. The van der Waals surface area contributed by atoms with E-state index in [9.17, 15) is 4.39 Å². The Morgan fingerprint density at radius 1 is 1.58 bits per heavy atom. The van der Waals surface area contributed by atoms with Crippen molar-refractivity contribution in [1.82, 2.24) is 14.8 Å². The van der Waals surface area contributed by atoms with Gasteiger partial charge in [-0.05, 0) is 22.0 Å². The molecule has 0 saturated heterocycles. The minimum atomic E-state index is -0.528. The first-order valence-corrected chi connectivity index (χ1v) is 4.11. The summed E-state index contributed by atoms with van der Waals surface area (Å²) < 4.78 is 15.2. The van der Waals surface area contributed by atoms with E-state index in [1.54, 1.807) is 19.3 Å². The number of nitrogens with zero attached hydrogens (tertiary/aromatic N) is 3. The first kappa shape index (κ1) is 7.67. The molecule has 0 amide bonds. The second-order valence-electron chi connectivity index (χ2n) is 2.44. The van der Waals surface area contributed by atoms with Crippen molar-refractivity contribution in [3.05, 3.63) is 22.7 Å². The van der Waals surface area contributed by atoms with Crippen LogP contribution >= 0.6 is 15.9 Å². The van der Waals surface area contributed by atoms with Crippen LogP contribution in [-0.4, -0.2) is 14.8 Å². The van der Waals surface area contributed by atoms with Gasteiger partial charge in [-0.25, -0.2) is 4.98 Å². The van der Waals surface area contributed by atoms with Gasteiger partial charge in [0.1, 0.15) is 5.52 Å². The summed E-state index contributed by atoms with van der Waals surface area (Å²) in [4.78, 5) is 3.90. The molecule has 62 valence electrons. The smallest absolute Gasteiger partial charge is 0.258 e. The Labute approximate surface area is 76.3 Å². The Morgan fingerprint density at radius 3 is 3.08 bits per heavy atom. The van der Waals surface area contributed by atoms with Gasteiger partial charge in [0, 0.05) is 17.7 Å². The largest absolute Gasteiger partial charge is 0.263 e. The number of pyridine rings is 1. The van der Waals surface area contributed by atoms with E-state index in [1.807, 2.05) is 0 Å². The SMILES string of the molecule is Cn1nc(F)c2ncc(Br)cc21. The summed E-state index contributed by atoms with van der Waals surface area (Å²) in [6.45, 7) is 0. The van der Waals surface area contributed by atoms with Crippen molar-refractivity contribution in [2.45, 2.75) is 0 Å². The second kappa shape index (κ2) is 2.52. The van der Waals surface area contributed by atoms with Crippen molar-refractivity contribution in [2.75, 3.05) is 0 Å². The van der Waals surface area contributed by atoms with E-state index >= 15 is 0 Å². The zero-order valence-electron chi connectivity index (χ0n) is 6.25. The third-order valence-corrected chi connectivity index (χ3v) is 2.05. The predicted octanol–water partition coefficient (Wildman–Crippen LogP) is 1.87. The molecule has 0 aliphatic heterocycles. The van der Waals surface area contributed by atoms with Crippen molar-refractivity contribution in [1.29, 1.82) is 0 Å². The Balaban J connectivity index is 2.90. The zero-order chi connectivity index (χ0) is 8.72. The molecule has 0 atom stereocenters. The Morgan fingerprint density at radius 2 is 2.33 bits per heavy atom. The van der Waals surface area contributed by atoms with Gasteiger partial charge in [-0.15, -0.1) is 5.10 Å². The fourth-order valence-electron chi connectivity index (χ4n) is 1.07. The van der Waals surface area contributed by atoms with Crippen LogP contribution in [0, 0.1) is 5.95 Å². The highest BCUT2D eigenvalue weighted by Crippen LogP contribution is 2.18. The first-order valence-electron chi connectivity index (χ1n) is 3.32. The van der Waals surface area contributed by atoms with Crippen molar-refractivity contribution in [3.63, 3.8) is 0 Å². The number of fused-ring (bicyclic) bond motifs is 1. The molecule has 12 heavy (non-hydrogen) atoms. The van der Waals surface area contributed by atoms with Gasteiger partial charge >= 0.3 is 0 Å². The van der Waals surface area contributed by atoms with E-state index in [4.69, 9.17) is 0 Å². The summed E-state index contributed by atoms with van der Waals surface area (Å²) in [5.41, 5.74) is 0.988. The maximum Gasteiger partial charge on any atom is 0.258 e. The summed E-state index contributed by atoms with van der Waals surface area (Å²) in [5.74, 6) is -0.528. The average Bonchev–Trinajstić information content (AvgIpc) is 2.28. The Bertz CT molecular complexity index is 437. The number of hydrogen-bond donors (Lipinski definition) is 0. The molecule has 2 aromatic rings. The van der Waals surface area contributed by atoms with Crippen LogP contribution in [0.3, 0.4) is 0 Å². The quantitative estimate of drug-likeness (QED) is 0.691. The Kier molecular flexibility index (Phi) is 1.61. The molecule has 0 spiro atoms. The molecule has 5 heteroatoms. The molecular weight excluding hydrogens is 225 g/mol. The van der Waals surface area contributed by atoms with Gasteiger partial charge < -0.3 is 0 Å². The average molecular weight is 230 g/mol. The lowest BCUT2D eigenvalue weighted by atomic mass is 10.4. The van der Waals surface area contributed by atoms with Gasteiger partial charge in [-0.2, -0.15) is 4.39 Å². The first-order chi connectivity index (χ1) is 5.68. The Hall–Kier alpha value is -0.970. The highest BCUT2D eigenvalue weighted by molar-refractivity contribution is 9.10. The summed E-state index contributed by atoms with van der Waals surface area (Å²) in [6, 6.07) is 1.78. The van der Waals surface area contributed by atoms with Gasteiger partial charge in [0.05, 0.1) is 5.52 Å². The van der Waals surface area contributed by atoms with Crippen LogP contribution in [0.25, 0.3) is 11.0 Å². The van der Waals surface area contributed by atoms with E-state index in [2.05, 4.69) is 26.0 Å². The maximum atomic E-state index is 12.9. The van der Waals surface area contributed by atoms with Gasteiger partial charge in [0.15, 0.2) is 0 Å². The normalized spacial score (nSPS) is 10.9. The number of hydrogen-bond acceptors (Lipinski definition) is 2. The monoisotopic (exact) mass is 229 g/mol. The molecule has 2 heterocycles. The molecule has 0 saturated carbocycles. The molecule has 0 aromatic carbocycles. The fourth-order valence-corrected chi connectivity index (χ4v) is 1.39. The van der Waals surface area contributed by atoms with Crippen LogP contribution in [0.2, 0.25) is 0 Å². The van der Waals surface area contributed by atoms with Crippen LogP contribution in [0.15, 0.2) is 16.7 Å². The van der Waals surface area contributed by atoms with E-state index < -0.39 is 5.95 Å². The number of aromatic nitrogens is 3. The molecule has 0 bridgehead atoms. The molecule has 0 radical (unpaired) electrons. The summed E-state index contributed by atoms with van der Waals surface area (Å²) in [5, 5.41) is 3.60. The predicted molar refractivity (Wildman–Crippen MR) is 46.2 cm³/mol. The molecule has 2 aromatic heterocycles. The zero-order valence-corrected chi connectivity index (χ0v) is 7.84. The van der Waals surface area contributed by atoms with Gasteiger partial charge in [0.25, 0.3) is 5.95 Å². The van der Waals surface area contributed by atoms with Crippen molar-refractivity contribution < 1.29 is 4.39 Å². The van der Waals surface area contributed by atoms with Crippen LogP contribution < -0.4 is 0 Å². The van der Waals surface area contributed by atoms with Crippen molar-refractivity contribution in [3.8, 4) is 0 Å². The van der Waals surface area contributed by atoms with Crippen molar-refractivity contribution in [2.24, 2.45) is 7.05 Å². The van der Waals surface area contributed by atoms with Crippen LogP contribution in [0.1, 0.15) is 0 Å². The second-order valence-corrected chi connectivity index (χ2v) is 3.35.